The van der Waals surface area contributed by atoms with E-state index >= 15 is 0 Å². The van der Waals surface area contributed by atoms with E-state index in [4.69, 9.17) is 0 Å². The number of amides is 2. The first-order valence-corrected chi connectivity index (χ1v) is 12.5. The minimum Gasteiger partial charge on any atom is -0.349 e. The maximum absolute atomic E-state index is 13.0. The van der Waals surface area contributed by atoms with Crippen LogP contribution in [0.3, 0.4) is 0 Å². The summed E-state index contributed by atoms with van der Waals surface area (Å²) >= 11 is 0. The second-order valence-corrected chi connectivity index (χ2v) is 11.0. The molecular weight excluding hydrogens is 426 g/mol. The Morgan fingerprint density at radius 1 is 0.906 bits per heavy atom. The third-order valence-electron chi connectivity index (χ3n) is 5.88. The van der Waals surface area contributed by atoms with Crippen LogP contribution in [0.4, 0.5) is 5.69 Å². The van der Waals surface area contributed by atoms with Gasteiger partial charge in [-0.3, -0.25) is 9.59 Å². The maximum Gasteiger partial charge on any atom is 0.255 e. The molecule has 1 heterocycles. The lowest BCUT2D eigenvalue weighted by molar-refractivity contribution is 0.0949. The molecule has 0 spiro atoms. The molecule has 2 aromatic rings. The van der Waals surface area contributed by atoms with Crippen LogP contribution in [0.25, 0.3) is 0 Å². The van der Waals surface area contributed by atoms with E-state index in [1.54, 1.807) is 28.6 Å². The number of anilines is 1. The van der Waals surface area contributed by atoms with Gasteiger partial charge in [0.05, 0.1) is 4.90 Å². The monoisotopic (exact) mass is 455 g/mol. The molecule has 1 aliphatic carbocycles. The molecule has 2 aliphatic rings. The zero-order chi connectivity index (χ0) is 22.9. The largest absolute Gasteiger partial charge is 0.349 e. The normalized spacial score (nSPS) is 21.7. The summed E-state index contributed by atoms with van der Waals surface area (Å²) in [4.78, 5) is 25.1. The standard InChI is InChI=1S/C24H29N3O4S/c1-16-12-17(2)15-27(14-16)32(30,31)22-10-6-18(7-11-22)23(28)26-21-5-3-4-19(13-21)24(29)25-20-8-9-20/h3-7,10-11,13,16-17,20H,8-9,12,14-15H2,1-2H3,(H,25,29)(H,26,28). The van der Waals surface area contributed by atoms with Gasteiger partial charge in [0.1, 0.15) is 0 Å². The molecule has 2 atom stereocenters. The number of rotatable bonds is 6. The predicted octanol–water partition coefficient (Wildman–Crippen LogP) is 3.50. The Labute approximate surface area is 189 Å². The van der Waals surface area contributed by atoms with Crippen molar-refractivity contribution in [1.82, 2.24) is 9.62 Å². The van der Waals surface area contributed by atoms with E-state index in [0.717, 1.165) is 19.3 Å². The maximum atomic E-state index is 13.0. The van der Waals surface area contributed by atoms with E-state index in [-0.39, 0.29) is 22.8 Å². The molecule has 1 saturated carbocycles. The van der Waals surface area contributed by atoms with E-state index in [9.17, 15) is 18.0 Å². The van der Waals surface area contributed by atoms with Gasteiger partial charge in [0, 0.05) is 35.9 Å². The Morgan fingerprint density at radius 2 is 1.56 bits per heavy atom. The number of hydrogen-bond donors (Lipinski definition) is 2. The number of sulfonamides is 1. The molecule has 2 unspecified atom stereocenters. The minimum atomic E-state index is -3.59. The van der Waals surface area contributed by atoms with Crippen molar-refractivity contribution >= 4 is 27.5 Å². The first-order chi connectivity index (χ1) is 15.2. The summed E-state index contributed by atoms with van der Waals surface area (Å²) in [6, 6.07) is 13.0. The van der Waals surface area contributed by atoms with Crippen LogP contribution in [0.5, 0.6) is 0 Å². The quantitative estimate of drug-likeness (QED) is 0.697. The average Bonchev–Trinajstić information content (AvgIpc) is 3.57. The lowest BCUT2D eigenvalue weighted by atomic mass is 9.94. The number of nitrogens with one attached hydrogen (secondary N) is 2. The van der Waals surface area contributed by atoms with E-state index < -0.39 is 10.0 Å². The first-order valence-electron chi connectivity index (χ1n) is 11.0. The van der Waals surface area contributed by atoms with Crippen molar-refractivity contribution in [2.45, 2.75) is 44.0 Å². The predicted molar refractivity (Wildman–Crippen MR) is 123 cm³/mol. The van der Waals surface area contributed by atoms with E-state index in [2.05, 4.69) is 24.5 Å². The van der Waals surface area contributed by atoms with Gasteiger partial charge in [-0.1, -0.05) is 19.9 Å². The SMILES string of the molecule is CC1CC(C)CN(S(=O)(=O)c2ccc(C(=O)Nc3cccc(C(=O)NC4CC4)c3)cc2)C1. The van der Waals surface area contributed by atoms with Crippen molar-refractivity contribution < 1.29 is 18.0 Å². The van der Waals surface area contributed by atoms with Gasteiger partial charge in [0.25, 0.3) is 11.8 Å². The van der Waals surface area contributed by atoms with Crippen LogP contribution < -0.4 is 10.6 Å². The topological polar surface area (TPSA) is 95.6 Å². The molecule has 2 amide bonds. The van der Waals surface area contributed by atoms with Gasteiger partial charge >= 0.3 is 0 Å². The van der Waals surface area contributed by atoms with Crippen LogP contribution in [0.15, 0.2) is 53.4 Å². The van der Waals surface area contributed by atoms with E-state index in [1.807, 2.05) is 0 Å². The Morgan fingerprint density at radius 3 is 2.19 bits per heavy atom. The van der Waals surface area contributed by atoms with Crippen LogP contribution in [-0.4, -0.2) is 43.7 Å². The molecule has 4 rings (SSSR count). The summed E-state index contributed by atoms with van der Waals surface area (Å²) in [5, 5.41) is 5.70. The molecule has 0 radical (unpaired) electrons. The van der Waals surface area contributed by atoms with Gasteiger partial charge in [-0.2, -0.15) is 4.31 Å². The second kappa shape index (κ2) is 9.03. The number of carbonyl (C=O) groups is 2. The molecular formula is C24H29N3O4S. The van der Waals surface area contributed by atoms with Gasteiger partial charge in [0.2, 0.25) is 10.0 Å². The van der Waals surface area contributed by atoms with Crippen LogP contribution in [-0.2, 0) is 10.0 Å². The summed E-state index contributed by atoms with van der Waals surface area (Å²) in [7, 11) is -3.59. The average molecular weight is 456 g/mol. The smallest absolute Gasteiger partial charge is 0.255 e. The Kier molecular flexibility index (Phi) is 6.35. The minimum absolute atomic E-state index is 0.153. The Hall–Kier alpha value is -2.71. The molecule has 7 nitrogen and oxygen atoms in total. The molecule has 1 aliphatic heterocycles. The highest BCUT2D eigenvalue weighted by Gasteiger charge is 2.31. The van der Waals surface area contributed by atoms with Crippen LogP contribution in [0, 0.1) is 11.8 Å². The third kappa shape index (κ3) is 5.19. The number of carbonyl (C=O) groups excluding carboxylic acids is 2. The third-order valence-corrected chi connectivity index (χ3v) is 7.73. The summed E-state index contributed by atoms with van der Waals surface area (Å²) in [5.41, 5.74) is 1.34. The van der Waals surface area contributed by atoms with Gasteiger partial charge in [-0.25, -0.2) is 8.42 Å². The Balaban J connectivity index is 1.44. The van der Waals surface area contributed by atoms with Gasteiger partial charge in [-0.05, 0) is 73.6 Å². The van der Waals surface area contributed by atoms with Crippen molar-refractivity contribution in [2.24, 2.45) is 11.8 Å². The zero-order valence-corrected chi connectivity index (χ0v) is 19.2. The zero-order valence-electron chi connectivity index (χ0n) is 18.4. The fourth-order valence-electron chi connectivity index (χ4n) is 4.17. The summed E-state index contributed by atoms with van der Waals surface area (Å²) in [6.07, 6.45) is 3.03. The van der Waals surface area contributed by atoms with Gasteiger partial charge in [0.15, 0.2) is 0 Å². The molecule has 0 aromatic heterocycles. The van der Waals surface area contributed by atoms with Crippen molar-refractivity contribution in [3.8, 4) is 0 Å². The van der Waals surface area contributed by atoms with Crippen molar-refractivity contribution in [3.05, 3.63) is 59.7 Å². The molecule has 2 N–H and O–H groups in total. The lowest BCUT2D eigenvalue weighted by Gasteiger charge is -2.34. The van der Waals surface area contributed by atoms with E-state index in [0.29, 0.717) is 41.7 Å². The number of piperidine rings is 1. The molecule has 2 aromatic carbocycles. The highest BCUT2D eigenvalue weighted by atomic mass is 32.2. The lowest BCUT2D eigenvalue weighted by Crippen LogP contribution is -2.42. The molecule has 1 saturated heterocycles. The molecule has 8 heteroatoms. The summed E-state index contributed by atoms with van der Waals surface area (Å²) in [5.74, 6) is 0.120. The highest BCUT2D eigenvalue weighted by molar-refractivity contribution is 7.89. The number of nitrogens with zero attached hydrogens (tertiary/aromatic N) is 1. The molecule has 0 bridgehead atoms. The number of benzene rings is 2. The van der Waals surface area contributed by atoms with Crippen molar-refractivity contribution in [3.63, 3.8) is 0 Å². The summed E-state index contributed by atoms with van der Waals surface area (Å²) < 4.78 is 27.6. The van der Waals surface area contributed by atoms with E-state index in [1.165, 1.54) is 24.3 Å². The fourth-order valence-corrected chi connectivity index (χ4v) is 5.85. The molecule has 170 valence electrons. The molecule has 32 heavy (non-hydrogen) atoms. The molecule has 2 fully saturated rings. The summed E-state index contributed by atoms with van der Waals surface area (Å²) in [6.45, 7) is 5.16. The van der Waals surface area contributed by atoms with Crippen LogP contribution in [0.2, 0.25) is 0 Å². The van der Waals surface area contributed by atoms with Crippen LogP contribution >= 0.6 is 0 Å². The van der Waals surface area contributed by atoms with Gasteiger partial charge in [-0.15, -0.1) is 0 Å². The van der Waals surface area contributed by atoms with Gasteiger partial charge < -0.3 is 10.6 Å². The highest BCUT2D eigenvalue weighted by Crippen LogP contribution is 2.27. The fraction of sp³-hybridized carbons (Fsp3) is 0.417. The Bertz CT molecular complexity index is 1100. The van der Waals surface area contributed by atoms with Crippen molar-refractivity contribution in [2.75, 3.05) is 18.4 Å². The number of hydrogen-bond acceptors (Lipinski definition) is 4. The second-order valence-electron chi connectivity index (χ2n) is 9.08. The van der Waals surface area contributed by atoms with Crippen LogP contribution in [0.1, 0.15) is 53.8 Å². The first kappa shape index (κ1) is 22.5. The van der Waals surface area contributed by atoms with Crippen molar-refractivity contribution in [1.29, 1.82) is 0 Å².